The lowest BCUT2D eigenvalue weighted by Gasteiger charge is -2.29. The minimum Gasteiger partial charge on any atom is -0.398 e. The molecule has 1 aliphatic carbocycles. The molecule has 0 heterocycles. The Hall–Kier alpha value is -1.58. The van der Waals surface area contributed by atoms with Crippen LogP contribution in [-0.4, -0.2) is 11.9 Å². The molecule has 0 bridgehead atoms. The molecule has 2 unspecified atom stereocenters. The molecular formula is C14H19FN2O. The molecule has 2 rings (SSSR count). The van der Waals surface area contributed by atoms with E-state index in [1.807, 2.05) is 0 Å². The number of carbonyl (C=O) groups is 1. The summed E-state index contributed by atoms with van der Waals surface area (Å²) in [7, 11) is 0. The van der Waals surface area contributed by atoms with E-state index in [0.29, 0.717) is 11.5 Å². The van der Waals surface area contributed by atoms with E-state index in [4.69, 9.17) is 5.73 Å². The fourth-order valence-corrected chi connectivity index (χ4v) is 2.52. The molecule has 4 heteroatoms. The van der Waals surface area contributed by atoms with Gasteiger partial charge >= 0.3 is 0 Å². The predicted molar refractivity (Wildman–Crippen MR) is 69.7 cm³/mol. The number of hydrogen-bond acceptors (Lipinski definition) is 2. The number of amides is 1. The van der Waals surface area contributed by atoms with Gasteiger partial charge in [-0.1, -0.05) is 19.8 Å². The van der Waals surface area contributed by atoms with Crippen molar-refractivity contribution in [1.82, 2.24) is 5.32 Å². The zero-order chi connectivity index (χ0) is 13.1. The van der Waals surface area contributed by atoms with Crippen molar-refractivity contribution in [3.8, 4) is 0 Å². The van der Waals surface area contributed by atoms with Crippen molar-refractivity contribution in [3.63, 3.8) is 0 Å². The number of rotatable bonds is 2. The Balaban J connectivity index is 2.07. The number of halogens is 1. The number of nitrogens with two attached hydrogens (primary N) is 1. The smallest absolute Gasteiger partial charge is 0.253 e. The van der Waals surface area contributed by atoms with Crippen molar-refractivity contribution in [2.24, 2.45) is 5.92 Å². The van der Waals surface area contributed by atoms with E-state index in [0.717, 1.165) is 19.3 Å². The Bertz CT molecular complexity index is 447. The second-order valence-corrected chi connectivity index (χ2v) is 5.07. The number of nitrogens with one attached hydrogen (secondary N) is 1. The number of carbonyl (C=O) groups excluding carboxylic acids is 1. The first-order valence-corrected chi connectivity index (χ1v) is 6.44. The van der Waals surface area contributed by atoms with Crippen molar-refractivity contribution in [2.45, 2.75) is 38.6 Å². The normalized spacial score (nSPS) is 23.7. The van der Waals surface area contributed by atoms with Gasteiger partial charge in [-0.05, 0) is 37.0 Å². The molecule has 3 N–H and O–H groups in total. The first-order valence-electron chi connectivity index (χ1n) is 6.44. The Kier molecular flexibility index (Phi) is 3.84. The Labute approximate surface area is 107 Å². The van der Waals surface area contributed by atoms with Crippen molar-refractivity contribution in [2.75, 3.05) is 5.73 Å². The van der Waals surface area contributed by atoms with Crippen LogP contribution in [0.2, 0.25) is 0 Å². The summed E-state index contributed by atoms with van der Waals surface area (Å²) in [6.07, 6.45) is 4.53. The molecule has 1 saturated carbocycles. The maximum absolute atomic E-state index is 12.9. The molecule has 1 fully saturated rings. The molecule has 1 aliphatic rings. The largest absolute Gasteiger partial charge is 0.398 e. The zero-order valence-corrected chi connectivity index (χ0v) is 10.6. The molecule has 1 amide bonds. The lowest BCUT2D eigenvalue weighted by Crippen LogP contribution is -2.41. The average Bonchev–Trinajstić information content (AvgIpc) is 2.32. The van der Waals surface area contributed by atoms with Crippen molar-refractivity contribution in [3.05, 3.63) is 29.6 Å². The fraction of sp³-hybridized carbons (Fsp3) is 0.500. The molecule has 1 aromatic rings. The third kappa shape index (κ3) is 2.81. The zero-order valence-electron chi connectivity index (χ0n) is 10.6. The standard InChI is InChI=1S/C14H19FN2O/c1-9-4-2-3-5-13(9)17-14(18)11-7-6-10(15)8-12(11)16/h6-9,13H,2-5,16H2,1H3,(H,17,18). The van der Waals surface area contributed by atoms with Crippen LogP contribution in [0.1, 0.15) is 43.0 Å². The van der Waals surface area contributed by atoms with Gasteiger partial charge in [0.05, 0.1) is 5.56 Å². The van der Waals surface area contributed by atoms with Crippen LogP contribution in [0.15, 0.2) is 18.2 Å². The number of benzene rings is 1. The second kappa shape index (κ2) is 5.38. The lowest BCUT2D eigenvalue weighted by atomic mass is 9.86. The maximum Gasteiger partial charge on any atom is 0.253 e. The molecule has 3 nitrogen and oxygen atoms in total. The van der Waals surface area contributed by atoms with E-state index < -0.39 is 5.82 Å². The summed E-state index contributed by atoms with van der Waals surface area (Å²) in [5.74, 6) is -0.134. The third-order valence-electron chi connectivity index (χ3n) is 3.69. The van der Waals surface area contributed by atoms with Gasteiger partial charge in [0.25, 0.3) is 5.91 Å². The van der Waals surface area contributed by atoms with Crippen LogP contribution in [0.4, 0.5) is 10.1 Å². The number of hydrogen-bond donors (Lipinski definition) is 2. The van der Waals surface area contributed by atoms with Gasteiger partial charge in [-0.2, -0.15) is 0 Å². The van der Waals surface area contributed by atoms with Crippen LogP contribution in [0.5, 0.6) is 0 Å². The van der Waals surface area contributed by atoms with Gasteiger partial charge in [0.2, 0.25) is 0 Å². The van der Waals surface area contributed by atoms with Gasteiger partial charge < -0.3 is 11.1 Å². The summed E-state index contributed by atoms with van der Waals surface area (Å²) in [5.41, 5.74) is 6.21. The van der Waals surface area contributed by atoms with E-state index in [-0.39, 0.29) is 17.6 Å². The number of nitrogen functional groups attached to an aromatic ring is 1. The highest BCUT2D eigenvalue weighted by atomic mass is 19.1. The SMILES string of the molecule is CC1CCCCC1NC(=O)c1ccc(F)cc1N. The van der Waals surface area contributed by atoms with E-state index in [1.165, 1.54) is 24.6 Å². The Morgan fingerprint density at radius 1 is 1.39 bits per heavy atom. The summed E-state index contributed by atoms with van der Waals surface area (Å²) in [6, 6.07) is 4.08. The molecular weight excluding hydrogens is 231 g/mol. The highest BCUT2D eigenvalue weighted by Crippen LogP contribution is 2.24. The molecule has 0 spiro atoms. The Morgan fingerprint density at radius 3 is 2.78 bits per heavy atom. The van der Waals surface area contributed by atoms with Crippen molar-refractivity contribution < 1.29 is 9.18 Å². The topological polar surface area (TPSA) is 55.1 Å². The maximum atomic E-state index is 12.9. The van der Waals surface area contributed by atoms with Crippen LogP contribution < -0.4 is 11.1 Å². The highest BCUT2D eigenvalue weighted by Gasteiger charge is 2.23. The molecule has 0 aromatic heterocycles. The van der Waals surface area contributed by atoms with Gasteiger partial charge in [-0.3, -0.25) is 4.79 Å². The van der Waals surface area contributed by atoms with Crippen LogP contribution in [-0.2, 0) is 0 Å². The van der Waals surface area contributed by atoms with Crippen LogP contribution in [0, 0.1) is 11.7 Å². The molecule has 0 aliphatic heterocycles. The molecule has 2 atom stereocenters. The summed E-state index contributed by atoms with van der Waals surface area (Å²) in [5, 5.41) is 3.00. The minimum absolute atomic E-state index is 0.191. The second-order valence-electron chi connectivity index (χ2n) is 5.07. The van der Waals surface area contributed by atoms with Gasteiger partial charge in [0, 0.05) is 11.7 Å². The first-order chi connectivity index (χ1) is 8.58. The van der Waals surface area contributed by atoms with E-state index in [2.05, 4.69) is 12.2 Å². The quantitative estimate of drug-likeness (QED) is 0.793. The number of anilines is 1. The summed E-state index contributed by atoms with van der Waals surface area (Å²) in [6.45, 7) is 2.15. The van der Waals surface area contributed by atoms with Gasteiger partial charge in [-0.25, -0.2) is 4.39 Å². The molecule has 98 valence electrons. The van der Waals surface area contributed by atoms with Crippen LogP contribution >= 0.6 is 0 Å². The van der Waals surface area contributed by atoms with E-state index in [9.17, 15) is 9.18 Å². The molecule has 0 radical (unpaired) electrons. The summed E-state index contributed by atoms with van der Waals surface area (Å²) >= 11 is 0. The van der Waals surface area contributed by atoms with Gasteiger partial charge in [-0.15, -0.1) is 0 Å². The van der Waals surface area contributed by atoms with E-state index >= 15 is 0 Å². The van der Waals surface area contributed by atoms with Crippen LogP contribution in [0.3, 0.4) is 0 Å². The minimum atomic E-state index is -0.421. The predicted octanol–water partition coefficient (Wildman–Crippen LogP) is 2.72. The summed E-state index contributed by atoms with van der Waals surface area (Å²) < 4.78 is 12.9. The van der Waals surface area contributed by atoms with Gasteiger partial charge in [0.15, 0.2) is 0 Å². The first kappa shape index (κ1) is 12.9. The third-order valence-corrected chi connectivity index (χ3v) is 3.69. The average molecular weight is 250 g/mol. The lowest BCUT2D eigenvalue weighted by molar-refractivity contribution is 0.0911. The molecule has 1 aromatic carbocycles. The van der Waals surface area contributed by atoms with E-state index in [1.54, 1.807) is 0 Å². The van der Waals surface area contributed by atoms with Crippen molar-refractivity contribution >= 4 is 11.6 Å². The van der Waals surface area contributed by atoms with Gasteiger partial charge in [0.1, 0.15) is 5.82 Å². The fourth-order valence-electron chi connectivity index (χ4n) is 2.52. The molecule has 0 saturated heterocycles. The monoisotopic (exact) mass is 250 g/mol. The Morgan fingerprint density at radius 2 is 2.11 bits per heavy atom. The van der Waals surface area contributed by atoms with Crippen molar-refractivity contribution in [1.29, 1.82) is 0 Å². The highest BCUT2D eigenvalue weighted by molar-refractivity contribution is 5.99. The summed E-state index contributed by atoms with van der Waals surface area (Å²) in [4.78, 5) is 12.1. The molecule has 18 heavy (non-hydrogen) atoms. The van der Waals surface area contributed by atoms with Crippen LogP contribution in [0.25, 0.3) is 0 Å².